The molecule has 1 aromatic heterocycles. The van der Waals surface area contributed by atoms with Crippen molar-refractivity contribution in [2.45, 2.75) is 13.3 Å². The number of nitriles is 1. The normalized spacial score (nSPS) is 10.7. The maximum absolute atomic E-state index is 12.2. The van der Waals surface area contributed by atoms with Crippen molar-refractivity contribution in [1.29, 1.82) is 5.26 Å². The van der Waals surface area contributed by atoms with Gasteiger partial charge in [0.2, 0.25) is 0 Å². The third-order valence-corrected chi connectivity index (χ3v) is 5.18. The maximum atomic E-state index is 12.2. The summed E-state index contributed by atoms with van der Waals surface area (Å²) in [7, 11) is 0. The molecule has 2 N–H and O–H groups in total. The average Bonchev–Trinajstić information content (AvgIpc) is 3.16. The zero-order valence-corrected chi connectivity index (χ0v) is 17.2. The van der Waals surface area contributed by atoms with E-state index in [9.17, 15) is 10.1 Å². The molecule has 4 aromatic rings. The van der Waals surface area contributed by atoms with Crippen LogP contribution < -0.4 is 0 Å². The predicted octanol–water partition coefficient (Wildman–Crippen LogP) is 5.53. The van der Waals surface area contributed by atoms with Crippen LogP contribution in [0.5, 0.6) is 0 Å². The van der Waals surface area contributed by atoms with Gasteiger partial charge in [-0.1, -0.05) is 48.5 Å². The van der Waals surface area contributed by atoms with Crippen molar-refractivity contribution in [2.24, 2.45) is 0 Å². The van der Waals surface area contributed by atoms with Gasteiger partial charge in [0.05, 0.1) is 34.8 Å². The van der Waals surface area contributed by atoms with Crippen LogP contribution >= 0.6 is 12.2 Å². The second-order valence-corrected chi connectivity index (χ2v) is 7.26. The lowest BCUT2D eigenvalue weighted by Gasteiger charge is -2.09. The number of ether oxygens (including phenoxy) is 1. The zero-order chi connectivity index (χ0) is 21.1. The number of hydrogen-bond donors (Lipinski definition) is 2. The number of aromatic amines is 2. The highest BCUT2D eigenvalue weighted by Gasteiger charge is 2.16. The Morgan fingerprint density at radius 3 is 2.50 bits per heavy atom. The molecule has 0 bridgehead atoms. The minimum atomic E-state index is -0.375. The van der Waals surface area contributed by atoms with Gasteiger partial charge in [0.1, 0.15) is 0 Å². The summed E-state index contributed by atoms with van der Waals surface area (Å²) in [6.45, 7) is 2.09. The van der Waals surface area contributed by atoms with Crippen molar-refractivity contribution in [3.8, 4) is 17.2 Å². The van der Waals surface area contributed by atoms with Crippen molar-refractivity contribution < 1.29 is 9.53 Å². The number of fused-ring (bicyclic) bond motifs is 1. The molecule has 0 saturated heterocycles. The van der Waals surface area contributed by atoms with Crippen LogP contribution in [0.3, 0.4) is 0 Å². The van der Waals surface area contributed by atoms with E-state index >= 15 is 0 Å². The fourth-order valence-corrected chi connectivity index (χ4v) is 3.76. The van der Waals surface area contributed by atoms with Gasteiger partial charge >= 0.3 is 5.97 Å². The number of carbonyl (C=O) groups is 1. The number of nitrogens with zero attached hydrogens (tertiary/aromatic N) is 1. The van der Waals surface area contributed by atoms with Crippen LogP contribution in [-0.4, -0.2) is 22.5 Å². The minimum Gasteiger partial charge on any atom is -0.462 e. The molecule has 4 rings (SSSR count). The Balaban J connectivity index is 1.67. The van der Waals surface area contributed by atoms with Crippen molar-refractivity contribution in [2.75, 3.05) is 6.61 Å². The lowest BCUT2D eigenvalue weighted by Crippen LogP contribution is -2.06. The van der Waals surface area contributed by atoms with Gasteiger partial charge in [-0.05, 0) is 59.9 Å². The molecule has 0 aliphatic heterocycles. The SMILES string of the molecule is CCOC(=O)c1ccc(Cc2ccc(-c3ccccc3C#N)cc2)c2[nH]c(=S)[nH]c12. The molecule has 0 atom stereocenters. The molecule has 1 heterocycles. The highest BCUT2D eigenvalue weighted by Crippen LogP contribution is 2.26. The number of nitrogens with one attached hydrogen (secondary N) is 2. The third-order valence-electron chi connectivity index (χ3n) is 4.97. The lowest BCUT2D eigenvalue weighted by molar-refractivity contribution is 0.0528. The van der Waals surface area contributed by atoms with Gasteiger partial charge in [-0.2, -0.15) is 5.26 Å². The average molecular weight is 414 g/mol. The molecule has 30 heavy (non-hydrogen) atoms. The summed E-state index contributed by atoms with van der Waals surface area (Å²) in [6, 6.07) is 21.6. The number of carbonyl (C=O) groups excluding carboxylic acids is 1. The Labute approximate surface area is 179 Å². The fourth-order valence-electron chi connectivity index (χ4n) is 3.56. The van der Waals surface area contributed by atoms with Gasteiger partial charge in [-0.3, -0.25) is 0 Å². The van der Waals surface area contributed by atoms with Crippen LogP contribution in [0.15, 0.2) is 60.7 Å². The lowest BCUT2D eigenvalue weighted by atomic mass is 9.97. The first-order chi connectivity index (χ1) is 14.6. The number of H-pyrrole nitrogens is 2. The van der Waals surface area contributed by atoms with Crippen LogP contribution in [-0.2, 0) is 11.2 Å². The molecule has 0 amide bonds. The van der Waals surface area contributed by atoms with Crippen LogP contribution in [0.25, 0.3) is 22.2 Å². The molecule has 148 valence electrons. The molecule has 6 heteroatoms. The first-order valence-corrected chi connectivity index (χ1v) is 10.0. The van der Waals surface area contributed by atoms with E-state index in [-0.39, 0.29) is 5.97 Å². The molecule has 5 nitrogen and oxygen atoms in total. The van der Waals surface area contributed by atoms with E-state index in [1.165, 1.54) is 0 Å². The van der Waals surface area contributed by atoms with E-state index in [1.807, 2.05) is 42.5 Å². The van der Waals surface area contributed by atoms with Crippen LogP contribution in [0.2, 0.25) is 0 Å². The third kappa shape index (κ3) is 3.76. The smallest absolute Gasteiger partial charge is 0.340 e. The van der Waals surface area contributed by atoms with Crippen LogP contribution in [0.4, 0.5) is 0 Å². The van der Waals surface area contributed by atoms with E-state index in [2.05, 4.69) is 28.2 Å². The monoisotopic (exact) mass is 413 g/mol. The highest BCUT2D eigenvalue weighted by atomic mass is 32.1. The van der Waals surface area contributed by atoms with Gasteiger partial charge in [-0.15, -0.1) is 0 Å². The van der Waals surface area contributed by atoms with Gasteiger partial charge in [0.15, 0.2) is 4.77 Å². The number of benzene rings is 3. The molecule has 0 spiro atoms. The molecule has 0 fully saturated rings. The molecular formula is C24H19N3O2S. The molecule has 0 aliphatic carbocycles. The molecule has 0 aliphatic rings. The number of hydrogen-bond acceptors (Lipinski definition) is 4. The summed E-state index contributed by atoms with van der Waals surface area (Å²) in [5.41, 5.74) is 6.64. The predicted molar refractivity (Wildman–Crippen MR) is 119 cm³/mol. The molecule has 0 radical (unpaired) electrons. The Hall–Kier alpha value is -3.69. The Morgan fingerprint density at radius 1 is 1.03 bits per heavy atom. The van der Waals surface area contributed by atoms with Crippen molar-refractivity contribution in [1.82, 2.24) is 9.97 Å². The number of imidazole rings is 1. The number of rotatable bonds is 5. The summed E-state index contributed by atoms with van der Waals surface area (Å²) >= 11 is 5.25. The summed E-state index contributed by atoms with van der Waals surface area (Å²) in [5.74, 6) is -0.375. The Morgan fingerprint density at radius 2 is 1.77 bits per heavy atom. The van der Waals surface area contributed by atoms with Crippen LogP contribution in [0.1, 0.15) is 34.0 Å². The second kappa shape index (κ2) is 8.36. The quantitative estimate of drug-likeness (QED) is 0.333. The van der Waals surface area contributed by atoms with Crippen molar-refractivity contribution in [3.05, 3.63) is 87.7 Å². The van der Waals surface area contributed by atoms with E-state index < -0.39 is 0 Å². The van der Waals surface area contributed by atoms with E-state index in [0.29, 0.717) is 34.4 Å². The molecule has 0 unspecified atom stereocenters. The number of aromatic nitrogens is 2. The van der Waals surface area contributed by atoms with Gasteiger partial charge in [-0.25, -0.2) is 4.79 Å². The molecular weight excluding hydrogens is 394 g/mol. The standard InChI is InChI=1S/C24H19N3O2S/c1-2-29-23(28)20-12-11-17(21-22(20)27-24(30)26-21)13-15-7-9-16(10-8-15)19-6-4-3-5-18(19)14-25/h3-12H,2,13H2,1H3,(H2,26,27,30). The fraction of sp³-hybridized carbons (Fsp3) is 0.125. The second-order valence-electron chi connectivity index (χ2n) is 6.85. The van der Waals surface area contributed by atoms with Gasteiger partial charge in [0.25, 0.3) is 0 Å². The van der Waals surface area contributed by atoms with Crippen molar-refractivity contribution >= 4 is 29.2 Å². The summed E-state index contributed by atoms with van der Waals surface area (Å²) in [5, 5.41) is 9.33. The summed E-state index contributed by atoms with van der Waals surface area (Å²) in [6.07, 6.45) is 0.670. The maximum Gasteiger partial charge on any atom is 0.340 e. The Kier molecular flexibility index (Phi) is 5.46. The van der Waals surface area contributed by atoms with E-state index in [0.717, 1.165) is 27.8 Å². The Bertz CT molecular complexity index is 1330. The topological polar surface area (TPSA) is 81.7 Å². The summed E-state index contributed by atoms with van der Waals surface area (Å²) in [4.78, 5) is 18.5. The number of esters is 1. The largest absolute Gasteiger partial charge is 0.462 e. The first kappa shape index (κ1) is 19.6. The molecule has 0 saturated carbocycles. The van der Waals surface area contributed by atoms with Gasteiger partial charge in [0, 0.05) is 0 Å². The van der Waals surface area contributed by atoms with Crippen LogP contribution in [0, 0.1) is 16.1 Å². The van der Waals surface area contributed by atoms with E-state index in [1.54, 1.807) is 13.0 Å². The minimum absolute atomic E-state index is 0.314. The molecule has 3 aromatic carbocycles. The summed E-state index contributed by atoms with van der Waals surface area (Å²) < 4.78 is 5.61. The zero-order valence-electron chi connectivity index (χ0n) is 16.4. The van der Waals surface area contributed by atoms with Crippen molar-refractivity contribution in [3.63, 3.8) is 0 Å². The first-order valence-electron chi connectivity index (χ1n) is 9.60. The van der Waals surface area contributed by atoms with E-state index in [4.69, 9.17) is 17.0 Å². The van der Waals surface area contributed by atoms with Gasteiger partial charge < -0.3 is 14.7 Å². The highest BCUT2D eigenvalue weighted by molar-refractivity contribution is 7.71.